The lowest BCUT2D eigenvalue weighted by molar-refractivity contribution is -0.134. The van der Waals surface area contributed by atoms with Crippen LogP contribution in [-0.4, -0.2) is 32.3 Å². The Morgan fingerprint density at radius 3 is 2.35 bits per heavy atom. The summed E-state index contributed by atoms with van der Waals surface area (Å²) in [5.41, 5.74) is 0.768. The van der Waals surface area contributed by atoms with Gasteiger partial charge in [-0.1, -0.05) is 18.2 Å². The second-order valence-corrected chi connectivity index (χ2v) is 7.00. The highest BCUT2D eigenvalue weighted by Gasteiger charge is 2.24. The number of benzene rings is 2. The van der Waals surface area contributed by atoms with Crippen molar-refractivity contribution in [3.05, 3.63) is 59.9 Å². The number of halogens is 1. The fourth-order valence-electron chi connectivity index (χ4n) is 1.88. The SMILES string of the molecule is Cc1ccccc1OC(=O)CN(C)S(=O)(=O)c1ccc(F)cc1. The average Bonchev–Trinajstić information content (AvgIpc) is 2.50. The third-order valence-corrected chi connectivity index (χ3v) is 5.01. The van der Waals surface area contributed by atoms with Gasteiger partial charge in [-0.15, -0.1) is 0 Å². The summed E-state index contributed by atoms with van der Waals surface area (Å²) >= 11 is 0. The first-order valence-electron chi connectivity index (χ1n) is 6.79. The third kappa shape index (κ3) is 4.14. The summed E-state index contributed by atoms with van der Waals surface area (Å²) in [5.74, 6) is -0.858. The number of hydrogen-bond donors (Lipinski definition) is 0. The summed E-state index contributed by atoms with van der Waals surface area (Å²) in [6.07, 6.45) is 0. The van der Waals surface area contributed by atoms with Crippen LogP contribution in [0.4, 0.5) is 4.39 Å². The van der Waals surface area contributed by atoms with Crippen LogP contribution >= 0.6 is 0 Å². The molecule has 0 spiro atoms. The maximum atomic E-state index is 12.9. The zero-order valence-corrected chi connectivity index (χ0v) is 13.5. The summed E-state index contributed by atoms with van der Waals surface area (Å²) in [5, 5.41) is 0. The second-order valence-electron chi connectivity index (χ2n) is 4.95. The number of esters is 1. The molecule has 0 fully saturated rings. The number of hydrogen-bond acceptors (Lipinski definition) is 4. The molecule has 0 saturated carbocycles. The Morgan fingerprint density at radius 2 is 1.74 bits per heavy atom. The molecular formula is C16H16FNO4S. The number of aryl methyl sites for hydroxylation is 1. The molecule has 2 rings (SSSR count). The van der Waals surface area contributed by atoms with Gasteiger partial charge in [0.2, 0.25) is 10.0 Å². The lowest BCUT2D eigenvalue weighted by Gasteiger charge is -2.16. The van der Waals surface area contributed by atoms with Gasteiger partial charge in [-0.05, 0) is 42.8 Å². The summed E-state index contributed by atoms with van der Waals surface area (Å²) in [4.78, 5) is 11.8. The summed E-state index contributed by atoms with van der Waals surface area (Å²) in [6, 6.07) is 11.3. The fraction of sp³-hybridized carbons (Fsp3) is 0.188. The van der Waals surface area contributed by atoms with E-state index in [1.165, 1.54) is 7.05 Å². The van der Waals surface area contributed by atoms with Gasteiger partial charge in [-0.2, -0.15) is 4.31 Å². The van der Waals surface area contributed by atoms with E-state index in [-0.39, 0.29) is 4.90 Å². The van der Waals surface area contributed by atoms with Crippen LogP contribution in [0.1, 0.15) is 5.56 Å². The Hall–Kier alpha value is -2.25. The maximum Gasteiger partial charge on any atom is 0.326 e. The van der Waals surface area contributed by atoms with Gasteiger partial charge in [0.05, 0.1) is 4.90 Å². The molecule has 0 unspecified atom stereocenters. The molecule has 0 amide bonds. The molecule has 0 heterocycles. The third-order valence-electron chi connectivity index (χ3n) is 3.19. The summed E-state index contributed by atoms with van der Waals surface area (Å²) in [7, 11) is -2.63. The first kappa shape index (κ1) is 17.1. The van der Waals surface area contributed by atoms with E-state index in [1.807, 2.05) is 0 Å². The van der Waals surface area contributed by atoms with Gasteiger partial charge >= 0.3 is 5.97 Å². The first-order valence-corrected chi connectivity index (χ1v) is 8.23. The molecule has 2 aromatic carbocycles. The normalized spacial score (nSPS) is 11.5. The molecule has 0 N–H and O–H groups in total. The van der Waals surface area contributed by atoms with E-state index in [0.29, 0.717) is 5.75 Å². The molecular weight excluding hydrogens is 321 g/mol. The van der Waals surface area contributed by atoms with E-state index in [0.717, 1.165) is 34.1 Å². The van der Waals surface area contributed by atoms with Gasteiger partial charge in [0.1, 0.15) is 18.1 Å². The quantitative estimate of drug-likeness (QED) is 0.621. The van der Waals surface area contributed by atoms with Crippen molar-refractivity contribution in [2.45, 2.75) is 11.8 Å². The van der Waals surface area contributed by atoms with Crippen molar-refractivity contribution in [2.24, 2.45) is 0 Å². The lowest BCUT2D eigenvalue weighted by atomic mass is 10.2. The van der Waals surface area contributed by atoms with Gasteiger partial charge in [-0.3, -0.25) is 4.79 Å². The van der Waals surface area contributed by atoms with Gasteiger partial charge in [0.25, 0.3) is 0 Å². The second kappa shape index (κ2) is 6.89. The zero-order chi connectivity index (χ0) is 17.0. The minimum atomic E-state index is -3.89. The van der Waals surface area contributed by atoms with E-state index in [1.54, 1.807) is 31.2 Å². The number of para-hydroxylation sites is 1. The molecule has 7 heteroatoms. The predicted molar refractivity (Wildman–Crippen MR) is 83.0 cm³/mol. The van der Waals surface area contributed by atoms with E-state index in [9.17, 15) is 17.6 Å². The maximum absolute atomic E-state index is 12.9. The van der Waals surface area contributed by atoms with Gasteiger partial charge in [-0.25, -0.2) is 12.8 Å². The minimum absolute atomic E-state index is 0.0925. The zero-order valence-electron chi connectivity index (χ0n) is 12.7. The Morgan fingerprint density at radius 1 is 1.13 bits per heavy atom. The van der Waals surface area contributed by atoms with Crippen molar-refractivity contribution in [3.8, 4) is 5.75 Å². The predicted octanol–water partition coefficient (Wildman–Crippen LogP) is 2.36. The number of likely N-dealkylation sites (N-methyl/N-ethyl adjacent to an activating group) is 1. The molecule has 0 aliphatic carbocycles. The van der Waals surface area contributed by atoms with Crippen LogP contribution in [0.2, 0.25) is 0 Å². The summed E-state index contributed by atoms with van der Waals surface area (Å²) < 4.78 is 43.5. The molecule has 0 radical (unpaired) electrons. The highest BCUT2D eigenvalue weighted by molar-refractivity contribution is 7.89. The van der Waals surface area contributed by atoms with Crippen LogP contribution in [0.15, 0.2) is 53.4 Å². The molecule has 0 bridgehead atoms. The molecule has 0 atom stereocenters. The van der Waals surface area contributed by atoms with Crippen LogP contribution in [-0.2, 0) is 14.8 Å². The van der Waals surface area contributed by atoms with Crippen LogP contribution in [0.25, 0.3) is 0 Å². The van der Waals surface area contributed by atoms with E-state index in [4.69, 9.17) is 4.74 Å². The van der Waals surface area contributed by atoms with Crippen LogP contribution in [0, 0.1) is 12.7 Å². The molecule has 2 aromatic rings. The highest BCUT2D eigenvalue weighted by Crippen LogP contribution is 2.18. The van der Waals surface area contributed by atoms with Crippen LogP contribution < -0.4 is 4.74 Å². The number of rotatable bonds is 5. The largest absolute Gasteiger partial charge is 0.425 e. The monoisotopic (exact) mass is 337 g/mol. The van der Waals surface area contributed by atoms with Gasteiger partial charge in [0.15, 0.2) is 0 Å². The van der Waals surface area contributed by atoms with Gasteiger partial charge < -0.3 is 4.74 Å². The highest BCUT2D eigenvalue weighted by atomic mass is 32.2. The van der Waals surface area contributed by atoms with E-state index >= 15 is 0 Å². The van der Waals surface area contributed by atoms with Gasteiger partial charge in [0, 0.05) is 7.05 Å². The van der Waals surface area contributed by atoms with Crippen molar-refractivity contribution in [3.63, 3.8) is 0 Å². The van der Waals surface area contributed by atoms with Crippen molar-refractivity contribution in [2.75, 3.05) is 13.6 Å². The van der Waals surface area contributed by atoms with Crippen LogP contribution in [0.3, 0.4) is 0 Å². The molecule has 0 aliphatic rings. The number of ether oxygens (including phenoxy) is 1. The lowest BCUT2D eigenvalue weighted by Crippen LogP contribution is -2.34. The first-order chi connectivity index (χ1) is 10.8. The smallest absolute Gasteiger partial charge is 0.326 e. The molecule has 122 valence electrons. The Balaban J connectivity index is 2.08. The molecule has 0 saturated heterocycles. The number of sulfonamides is 1. The number of carbonyl (C=O) groups excluding carboxylic acids is 1. The van der Waals surface area contributed by atoms with Crippen LogP contribution in [0.5, 0.6) is 5.75 Å². The van der Waals surface area contributed by atoms with E-state index in [2.05, 4.69) is 0 Å². The van der Waals surface area contributed by atoms with Crippen molar-refractivity contribution < 1.29 is 22.3 Å². The molecule has 0 aliphatic heterocycles. The minimum Gasteiger partial charge on any atom is -0.425 e. The van der Waals surface area contributed by atoms with Crippen molar-refractivity contribution >= 4 is 16.0 Å². The Bertz CT molecular complexity index is 803. The van der Waals surface area contributed by atoms with Crippen molar-refractivity contribution in [1.82, 2.24) is 4.31 Å². The molecule has 0 aromatic heterocycles. The Labute approximate surface area is 134 Å². The average molecular weight is 337 g/mol. The Kier molecular flexibility index (Phi) is 5.12. The summed E-state index contributed by atoms with van der Waals surface area (Å²) in [6.45, 7) is 1.33. The number of carbonyl (C=O) groups is 1. The molecule has 23 heavy (non-hydrogen) atoms. The fourth-order valence-corrected chi connectivity index (χ4v) is 2.99. The van der Waals surface area contributed by atoms with E-state index < -0.39 is 28.4 Å². The topological polar surface area (TPSA) is 63.7 Å². The standard InChI is InChI=1S/C16H16FNO4S/c1-12-5-3-4-6-15(12)22-16(19)11-18(2)23(20,21)14-9-7-13(17)8-10-14/h3-10H,11H2,1-2H3. The number of nitrogens with zero attached hydrogens (tertiary/aromatic N) is 1. The van der Waals surface area contributed by atoms with Crippen molar-refractivity contribution in [1.29, 1.82) is 0 Å². The molecule has 5 nitrogen and oxygen atoms in total.